The second-order valence-electron chi connectivity index (χ2n) is 4.49. The highest BCUT2D eigenvalue weighted by atomic mass is 35.5. The Bertz CT molecular complexity index is 740. The second kappa shape index (κ2) is 6.87. The van der Waals surface area contributed by atoms with Crippen LogP contribution in [0.5, 0.6) is 0 Å². The van der Waals surface area contributed by atoms with Crippen LogP contribution in [0.3, 0.4) is 0 Å². The number of nitrogens with one attached hydrogen (secondary N) is 1. The molecule has 0 atom stereocenters. The fourth-order valence-electron chi connectivity index (χ4n) is 1.90. The average molecular weight is 317 g/mol. The highest BCUT2D eigenvalue weighted by Crippen LogP contribution is 2.25. The first-order valence-electron chi connectivity index (χ1n) is 6.45. The first-order chi connectivity index (χ1) is 10.5. The van der Waals surface area contributed by atoms with Gasteiger partial charge in [0.1, 0.15) is 5.69 Å². The molecular formula is C16H13ClN2O3. The van der Waals surface area contributed by atoms with Crippen LogP contribution in [0.15, 0.2) is 48.5 Å². The van der Waals surface area contributed by atoms with Gasteiger partial charge in [-0.05, 0) is 42.0 Å². The smallest absolute Gasteiger partial charge is 0.292 e. The van der Waals surface area contributed by atoms with Crippen molar-refractivity contribution in [2.24, 2.45) is 0 Å². The van der Waals surface area contributed by atoms with Crippen LogP contribution in [0.25, 0.3) is 6.08 Å². The van der Waals surface area contributed by atoms with Gasteiger partial charge >= 0.3 is 0 Å². The summed E-state index contributed by atoms with van der Waals surface area (Å²) in [7, 11) is 1.61. The van der Waals surface area contributed by atoms with E-state index in [4.69, 9.17) is 11.6 Å². The third-order valence-corrected chi connectivity index (χ3v) is 3.30. The van der Waals surface area contributed by atoms with Crippen LogP contribution in [-0.4, -0.2) is 17.8 Å². The quantitative estimate of drug-likeness (QED) is 0.388. The molecule has 0 spiro atoms. The van der Waals surface area contributed by atoms with Gasteiger partial charge in [0.25, 0.3) is 5.69 Å². The van der Waals surface area contributed by atoms with E-state index in [2.05, 4.69) is 5.32 Å². The average Bonchev–Trinajstić information content (AvgIpc) is 2.53. The molecule has 112 valence electrons. The number of nitrogens with zero attached hydrogens (tertiary/aromatic N) is 1. The Morgan fingerprint density at radius 1 is 1.23 bits per heavy atom. The number of benzene rings is 2. The number of ketones is 1. The van der Waals surface area contributed by atoms with Gasteiger partial charge in [-0.15, -0.1) is 0 Å². The molecule has 0 aliphatic rings. The molecule has 2 aromatic rings. The van der Waals surface area contributed by atoms with Crippen LogP contribution in [0, 0.1) is 10.1 Å². The van der Waals surface area contributed by atoms with Gasteiger partial charge in [-0.3, -0.25) is 14.9 Å². The van der Waals surface area contributed by atoms with E-state index in [1.54, 1.807) is 49.5 Å². The lowest BCUT2D eigenvalue weighted by molar-refractivity contribution is -0.383. The summed E-state index contributed by atoms with van der Waals surface area (Å²) in [4.78, 5) is 22.5. The van der Waals surface area contributed by atoms with E-state index in [1.807, 2.05) is 0 Å². The molecule has 0 bridgehead atoms. The van der Waals surface area contributed by atoms with Crippen molar-refractivity contribution in [1.29, 1.82) is 0 Å². The molecular weight excluding hydrogens is 304 g/mol. The zero-order valence-corrected chi connectivity index (χ0v) is 12.5. The van der Waals surface area contributed by atoms with Gasteiger partial charge in [0.2, 0.25) is 0 Å². The molecule has 0 radical (unpaired) electrons. The van der Waals surface area contributed by atoms with E-state index in [-0.39, 0.29) is 11.5 Å². The third kappa shape index (κ3) is 3.71. The van der Waals surface area contributed by atoms with Crippen molar-refractivity contribution in [2.45, 2.75) is 0 Å². The minimum atomic E-state index is -0.468. The van der Waals surface area contributed by atoms with Crippen LogP contribution < -0.4 is 5.32 Å². The number of hydrogen-bond donors (Lipinski definition) is 1. The molecule has 0 aromatic heterocycles. The molecule has 0 aliphatic carbocycles. The van der Waals surface area contributed by atoms with Crippen molar-refractivity contribution in [3.05, 3.63) is 74.8 Å². The Balaban J connectivity index is 2.22. The normalized spacial score (nSPS) is 10.6. The molecule has 0 fully saturated rings. The van der Waals surface area contributed by atoms with Gasteiger partial charge in [-0.25, -0.2) is 0 Å². The zero-order chi connectivity index (χ0) is 16.1. The maximum atomic E-state index is 12.0. The van der Waals surface area contributed by atoms with Gasteiger partial charge in [0.05, 0.1) is 4.92 Å². The highest BCUT2D eigenvalue weighted by Gasteiger charge is 2.12. The molecule has 5 nitrogen and oxygen atoms in total. The standard InChI is InChI=1S/C16H13ClN2O3/c1-18-14-8-2-11(10-15(14)19(21)22)3-9-16(20)12-4-6-13(17)7-5-12/h2-10,18H,1H3/b9-3+. The Hall–Kier alpha value is -2.66. The molecule has 2 rings (SSSR count). The summed E-state index contributed by atoms with van der Waals surface area (Å²) < 4.78 is 0. The zero-order valence-electron chi connectivity index (χ0n) is 11.7. The fraction of sp³-hybridized carbons (Fsp3) is 0.0625. The number of hydrogen-bond acceptors (Lipinski definition) is 4. The van der Waals surface area contributed by atoms with Crippen LogP contribution >= 0.6 is 11.6 Å². The molecule has 1 N–H and O–H groups in total. The summed E-state index contributed by atoms with van der Waals surface area (Å²) in [6.07, 6.45) is 2.92. The lowest BCUT2D eigenvalue weighted by atomic mass is 10.1. The van der Waals surface area contributed by atoms with Gasteiger partial charge in [0.15, 0.2) is 5.78 Å². The summed E-state index contributed by atoms with van der Waals surface area (Å²) in [5.74, 6) is -0.197. The number of allylic oxidation sites excluding steroid dienone is 1. The minimum Gasteiger partial charge on any atom is -0.383 e. The number of anilines is 1. The maximum Gasteiger partial charge on any atom is 0.292 e. The summed E-state index contributed by atoms with van der Waals surface area (Å²) in [5, 5.41) is 14.3. The number of carbonyl (C=O) groups excluding carboxylic acids is 1. The van der Waals surface area contributed by atoms with E-state index < -0.39 is 4.92 Å². The first-order valence-corrected chi connectivity index (χ1v) is 6.83. The number of halogens is 1. The first kappa shape index (κ1) is 15.7. The number of nitro benzene ring substituents is 1. The van der Waals surface area contributed by atoms with Gasteiger partial charge in [-0.1, -0.05) is 23.7 Å². The van der Waals surface area contributed by atoms with Crippen molar-refractivity contribution in [2.75, 3.05) is 12.4 Å². The van der Waals surface area contributed by atoms with Crippen molar-refractivity contribution in [3.8, 4) is 0 Å². The Labute approximate surface area is 132 Å². The lowest BCUT2D eigenvalue weighted by Crippen LogP contribution is -1.97. The topological polar surface area (TPSA) is 72.2 Å². The van der Waals surface area contributed by atoms with Crippen molar-refractivity contribution in [3.63, 3.8) is 0 Å². The highest BCUT2D eigenvalue weighted by molar-refractivity contribution is 6.30. The SMILES string of the molecule is CNc1ccc(/C=C/C(=O)c2ccc(Cl)cc2)cc1[N+](=O)[O-]. The number of rotatable bonds is 5. The molecule has 6 heteroatoms. The molecule has 0 saturated heterocycles. The lowest BCUT2D eigenvalue weighted by Gasteiger charge is -2.02. The van der Waals surface area contributed by atoms with E-state index in [9.17, 15) is 14.9 Å². The summed E-state index contributed by atoms with van der Waals surface area (Å²) in [6.45, 7) is 0. The Kier molecular flexibility index (Phi) is 4.91. The molecule has 0 unspecified atom stereocenters. The minimum absolute atomic E-state index is 0.0383. The van der Waals surface area contributed by atoms with Crippen molar-refractivity contribution >= 4 is 34.8 Å². The summed E-state index contributed by atoms with van der Waals surface area (Å²) in [5.41, 5.74) is 1.46. The van der Waals surface area contributed by atoms with Crippen LogP contribution in [0.4, 0.5) is 11.4 Å². The largest absolute Gasteiger partial charge is 0.383 e. The molecule has 2 aromatic carbocycles. The predicted octanol–water partition coefficient (Wildman–Crippen LogP) is 4.19. The van der Waals surface area contributed by atoms with Crippen LogP contribution in [-0.2, 0) is 0 Å². The predicted molar refractivity (Wildman–Crippen MR) is 87.5 cm³/mol. The van der Waals surface area contributed by atoms with Crippen LogP contribution in [0.1, 0.15) is 15.9 Å². The second-order valence-corrected chi connectivity index (χ2v) is 4.92. The molecule has 0 heterocycles. The number of carbonyl (C=O) groups is 1. The maximum absolute atomic E-state index is 12.0. The van der Waals surface area contributed by atoms with Crippen LogP contribution in [0.2, 0.25) is 5.02 Å². The molecule has 0 amide bonds. The van der Waals surface area contributed by atoms with Crippen molar-refractivity contribution < 1.29 is 9.72 Å². The monoisotopic (exact) mass is 316 g/mol. The van der Waals surface area contributed by atoms with Gasteiger partial charge in [0, 0.05) is 23.7 Å². The fourth-order valence-corrected chi connectivity index (χ4v) is 2.02. The van der Waals surface area contributed by atoms with E-state index in [1.165, 1.54) is 12.1 Å². The Morgan fingerprint density at radius 2 is 1.91 bits per heavy atom. The third-order valence-electron chi connectivity index (χ3n) is 3.04. The van der Waals surface area contributed by atoms with Gasteiger partial charge < -0.3 is 5.32 Å². The summed E-state index contributed by atoms with van der Waals surface area (Å²) in [6, 6.07) is 11.2. The molecule has 22 heavy (non-hydrogen) atoms. The molecule has 0 saturated carbocycles. The van der Waals surface area contributed by atoms with E-state index in [0.717, 1.165) is 0 Å². The molecule has 0 aliphatic heterocycles. The van der Waals surface area contributed by atoms with E-state index >= 15 is 0 Å². The van der Waals surface area contributed by atoms with Crippen molar-refractivity contribution in [1.82, 2.24) is 0 Å². The van der Waals surface area contributed by atoms with E-state index in [0.29, 0.717) is 21.8 Å². The number of nitro groups is 1. The Morgan fingerprint density at radius 3 is 2.50 bits per heavy atom. The van der Waals surface area contributed by atoms with Gasteiger partial charge in [-0.2, -0.15) is 0 Å². The summed E-state index contributed by atoms with van der Waals surface area (Å²) >= 11 is 5.77.